The molecule has 0 aromatic heterocycles. The van der Waals surface area contributed by atoms with Crippen LogP contribution in [0.2, 0.25) is 0 Å². The van der Waals surface area contributed by atoms with Gasteiger partial charge < -0.3 is 14.4 Å². The topological polar surface area (TPSA) is 42.0 Å². The number of benzene rings is 2. The van der Waals surface area contributed by atoms with E-state index in [1.807, 2.05) is 0 Å². The molecule has 0 aliphatic carbocycles. The molecule has 2 heterocycles. The van der Waals surface area contributed by atoms with Crippen LogP contribution in [0.3, 0.4) is 0 Å². The van der Waals surface area contributed by atoms with Crippen LogP contribution in [-0.4, -0.2) is 68.3 Å². The summed E-state index contributed by atoms with van der Waals surface area (Å²) < 4.78 is 11.3. The molecule has 1 atom stereocenters. The van der Waals surface area contributed by atoms with E-state index < -0.39 is 0 Å². The first-order valence-corrected chi connectivity index (χ1v) is 10.8. The SMILES string of the molecule is C=CC(=O)N1CCO[C@H](c2ccc(-c3ccc(CCN4CCOCC4)cc3)cc2)C1. The Morgan fingerprint density at radius 1 is 0.967 bits per heavy atom. The van der Waals surface area contributed by atoms with E-state index in [9.17, 15) is 4.79 Å². The standard InChI is InChI=1S/C25H30N2O3/c1-2-25(28)27-15-18-30-24(19-27)23-9-7-22(8-10-23)21-5-3-20(4-6-21)11-12-26-13-16-29-17-14-26/h2-10,24H,1,11-19H2/t24-/m0/s1. The molecule has 2 aromatic carbocycles. The van der Waals surface area contributed by atoms with Gasteiger partial charge in [-0.2, -0.15) is 0 Å². The van der Waals surface area contributed by atoms with Crippen LogP contribution in [0.4, 0.5) is 0 Å². The van der Waals surface area contributed by atoms with Gasteiger partial charge in [-0.15, -0.1) is 0 Å². The number of hydrogen-bond acceptors (Lipinski definition) is 4. The number of nitrogens with zero attached hydrogens (tertiary/aromatic N) is 2. The average Bonchev–Trinajstić information content (AvgIpc) is 2.83. The molecular weight excluding hydrogens is 376 g/mol. The molecular formula is C25H30N2O3. The van der Waals surface area contributed by atoms with E-state index in [0.717, 1.165) is 44.8 Å². The molecule has 5 heteroatoms. The third kappa shape index (κ3) is 5.17. The Kier molecular flexibility index (Phi) is 6.95. The zero-order chi connectivity index (χ0) is 20.8. The summed E-state index contributed by atoms with van der Waals surface area (Å²) >= 11 is 0. The smallest absolute Gasteiger partial charge is 0.246 e. The van der Waals surface area contributed by atoms with Gasteiger partial charge in [0.15, 0.2) is 0 Å². The molecule has 2 saturated heterocycles. The van der Waals surface area contributed by atoms with Crippen LogP contribution in [0.15, 0.2) is 61.2 Å². The second-order valence-electron chi connectivity index (χ2n) is 7.87. The second kappa shape index (κ2) is 10.0. The Labute approximate surface area is 178 Å². The van der Waals surface area contributed by atoms with E-state index in [0.29, 0.717) is 19.7 Å². The van der Waals surface area contributed by atoms with Crippen molar-refractivity contribution in [2.45, 2.75) is 12.5 Å². The molecule has 2 aliphatic rings. The highest BCUT2D eigenvalue weighted by Gasteiger charge is 2.24. The van der Waals surface area contributed by atoms with E-state index in [1.165, 1.54) is 22.8 Å². The molecule has 2 fully saturated rings. The molecule has 4 rings (SSSR count). The molecule has 0 N–H and O–H groups in total. The van der Waals surface area contributed by atoms with Crippen molar-refractivity contribution in [2.24, 2.45) is 0 Å². The lowest BCUT2D eigenvalue weighted by molar-refractivity contribution is -0.133. The Morgan fingerprint density at radius 3 is 2.30 bits per heavy atom. The minimum atomic E-state index is -0.0840. The number of ether oxygens (including phenoxy) is 2. The quantitative estimate of drug-likeness (QED) is 0.691. The summed E-state index contributed by atoms with van der Waals surface area (Å²) in [7, 11) is 0. The van der Waals surface area contributed by atoms with Crippen molar-refractivity contribution in [3.63, 3.8) is 0 Å². The van der Waals surface area contributed by atoms with Crippen molar-refractivity contribution in [1.29, 1.82) is 0 Å². The third-order valence-corrected chi connectivity index (χ3v) is 5.94. The molecule has 5 nitrogen and oxygen atoms in total. The lowest BCUT2D eigenvalue weighted by Crippen LogP contribution is -2.41. The first-order valence-electron chi connectivity index (χ1n) is 10.8. The predicted octanol–water partition coefficient (Wildman–Crippen LogP) is 3.31. The van der Waals surface area contributed by atoms with Crippen LogP contribution >= 0.6 is 0 Å². The number of amides is 1. The molecule has 0 radical (unpaired) electrons. The lowest BCUT2D eigenvalue weighted by atomic mass is 9.99. The fourth-order valence-electron chi connectivity index (χ4n) is 4.05. The van der Waals surface area contributed by atoms with Crippen LogP contribution in [0, 0.1) is 0 Å². The van der Waals surface area contributed by atoms with Crippen molar-refractivity contribution >= 4 is 5.91 Å². The van der Waals surface area contributed by atoms with Crippen LogP contribution < -0.4 is 0 Å². The molecule has 0 bridgehead atoms. The maximum atomic E-state index is 11.9. The second-order valence-corrected chi connectivity index (χ2v) is 7.87. The van der Waals surface area contributed by atoms with Crippen molar-refractivity contribution in [2.75, 3.05) is 52.5 Å². The molecule has 2 aliphatic heterocycles. The van der Waals surface area contributed by atoms with Crippen LogP contribution in [-0.2, 0) is 20.7 Å². The van der Waals surface area contributed by atoms with E-state index in [-0.39, 0.29) is 12.0 Å². The summed E-state index contributed by atoms with van der Waals surface area (Å²) in [6.07, 6.45) is 2.35. The number of carbonyl (C=O) groups is 1. The number of rotatable bonds is 6. The summed E-state index contributed by atoms with van der Waals surface area (Å²) in [4.78, 5) is 16.2. The van der Waals surface area contributed by atoms with Gasteiger partial charge in [0, 0.05) is 26.2 Å². The zero-order valence-corrected chi connectivity index (χ0v) is 17.5. The van der Waals surface area contributed by atoms with Gasteiger partial charge in [-0.1, -0.05) is 55.1 Å². The van der Waals surface area contributed by atoms with Gasteiger partial charge in [-0.25, -0.2) is 0 Å². The van der Waals surface area contributed by atoms with Crippen LogP contribution in [0.5, 0.6) is 0 Å². The predicted molar refractivity (Wildman–Crippen MR) is 118 cm³/mol. The first kappa shape index (κ1) is 20.8. The maximum absolute atomic E-state index is 11.9. The van der Waals surface area contributed by atoms with Crippen molar-refractivity contribution < 1.29 is 14.3 Å². The van der Waals surface area contributed by atoms with Gasteiger partial charge in [0.2, 0.25) is 5.91 Å². The highest BCUT2D eigenvalue weighted by molar-refractivity contribution is 5.87. The summed E-state index contributed by atoms with van der Waals surface area (Å²) in [6.45, 7) is 10.2. The fraction of sp³-hybridized carbons (Fsp3) is 0.400. The molecule has 2 aromatic rings. The van der Waals surface area contributed by atoms with Crippen LogP contribution in [0.1, 0.15) is 17.2 Å². The van der Waals surface area contributed by atoms with E-state index >= 15 is 0 Å². The number of hydrogen-bond donors (Lipinski definition) is 0. The van der Waals surface area contributed by atoms with Gasteiger partial charge in [-0.3, -0.25) is 9.69 Å². The molecule has 0 saturated carbocycles. The number of carbonyl (C=O) groups excluding carboxylic acids is 1. The maximum Gasteiger partial charge on any atom is 0.246 e. The van der Waals surface area contributed by atoms with Crippen molar-refractivity contribution in [1.82, 2.24) is 9.80 Å². The highest BCUT2D eigenvalue weighted by atomic mass is 16.5. The summed E-state index contributed by atoms with van der Waals surface area (Å²) in [5, 5.41) is 0. The largest absolute Gasteiger partial charge is 0.379 e. The van der Waals surface area contributed by atoms with E-state index in [2.05, 4.69) is 60.0 Å². The summed E-state index contributed by atoms with van der Waals surface area (Å²) in [6, 6.07) is 17.3. The van der Waals surface area contributed by atoms with Gasteiger partial charge in [-0.05, 0) is 34.8 Å². The molecule has 158 valence electrons. The lowest BCUT2D eigenvalue weighted by Gasteiger charge is -2.32. The minimum absolute atomic E-state index is 0.0337. The third-order valence-electron chi connectivity index (χ3n) is 5.94. The Bertz CT molecular complexity index is 842. The summed E-state index contributed by atoms with van der Waals surface area (Å²) in [5.41, 5.74) is 4.87. The van der Waals surface area contributed by atoms with E-state index in [1.54, 1.807) is 4.90 Å². The molecule has 0 spiro atoms. The van der Waals surface area contributed by atoms with E-state index in [4.69, 9.17) is 9.47 Å². The van der Waals surface area contributed by atoms with Gasteiger partial charge in [0.25, 0.3) is 0 Å². The Balaban J connectivity index is 1.35. The molecule has 0 unspecified atom stereocenters. The first-order chi connectivity index (χ1) is 14.7. The van der Waals surface area contributed by atoms with Gasteiger partial charge in [0.1, 0.15) is 6.10 Å². The average molecular weight is 407 g/mol. The van der Waals surface area contributed by atoms with Gasteiger partial charge in [0.05, 0.1) is 26.4 Å². The minimum Gasteiger partial charge on any atom is -0.379 e. The van der Waals surface area contributed by atoms with Crippen LogP contribution in [0.25, 0.3) is 11.1 Å². The Hall–Kier alpha value is -2.47. The number of morpholine rings is 2. The van der Waals surface area contributed by atoms with Crippen molar-refractivity contribution in [3.8, 4) is 11.1 Å². The molecule has 30 heavy (non-hydrogen) atoms. The summed E-state index contributed by atoms with van der Waals surface area (Å²) in [5.74, 6) is -0.0337. The Morgan fingerprint density at radius 2 is 1.63 bits per heavy atom. The normalized spacial score (nSPS) is 20.1. The molecule has 1 amide bonds. The monoisotopic (exact) mass is 406 g/mol. The van der Waals surface area contributed by atoms with Crippen molar-refractivity contribution in [3.05, 3.63) is 72.3 Å². The highest BCUT2D eigenvalue weighted by Crippen LogP contribution is 2.26. The van der Waals surface area contributed by atoms with Gasteiger partial charge >= 0.3 is 0 Å². The fourth-order valence-corrected chi connectivity index (χ4v) is 4.05. The zero-order valence-electron chi connectivity index (χ0n) is 17.5.